The largest absolute Gasteiger partial charge is 0.493 e. The lowest BCUT2D eigenvalue weighted by molar-refractivity contribution is -0.118. The number of benzene rings is 4. The van der Waals surface area contributed by atoms with Gasteiger partial charge in [-0.3, -0.25) is 9.59 Å². The number of amides is 1. The van der Waals surface area contributed by atoms with Gasteiger partial charge in [0.05, 0.1) is 26.7 Å². The van der Waals surface area contributed by atoms with Crippen molar-refractivity contribution in [2.45, 2.75) is 0 Å². The van der Waals surface area contributed by atoms with Gasteiger partial charge in [-0.25, -0.2) is 0 Å². The maximum atomic E-state index is 13.6. The van der Waals surface area contributed by atoms with Crippen molar-refractivity contribution in [3.05, 3.63) is 89.1 Å². The molecule has 0 bridgehead atoms. The highest BCUT2D eigenvalue weighted by Crippen LogP contribution is 2.42. The van der Waals surface area contributed by atoms with Crippen molar-refractivity contribution in [3.63, 3.8) is 0 Å². The molecule has 5 aromatic rings. The van der Waals surface area contributed by atoms with Crippen LogP contribution in [0, 0.1) is 0 Å². The van der Waals surface area contributed by atoms with Crippen molar-refractivity contribution in [2.75, 3.05) is 33.3 Å². The minimum absolute atomic E-state index is 0.101. The number of rotatable bonds is 8. The Bertz CT molecular complexity index is 1680. The quantitative estimate of drug-likeness (QED) is 0.287. The molecule has 0 saturated heterocycles. The Morgan fingerprint density at radius 2 is 1.47 bits per heavy atom. The van der Waals surface area contributed by atoms with E-state index in [1.807, 2.05) is 42.5 Å². The monoisotopic (exact) mass is 511 g/mol. The van der Waals surface area contributed by atoms with Crippen LogP contribution in [0.4, 0.5) is 5.69 Å². The molecule has 0 aliphatic rings. The third-order valence-electron chi connectivity index (χ3n) is 6.12. The fourth-order valence-corrected chi connectivity index (χ4v) is 4.35. The summed E-state index contributed by atoms with van der Waals surface area (Å²) >= 11 is 0. The number of para-hydroxylation sites is 1. The van der Waals surface area contributed by atoms with Gasteiger partial charge in [-0.1, -0.05) is 48.5 Å². The van der Waals surface area contributed by atoms with E-state index < -0.39 is 5.91 Å². The molecule has 0 fully saturated rings. The Morgan fingerprint density at radius 3 is 2.18 bits per heavy atom. The number of carbonyl (C=O) groups is 1. The van der Waals surface area contributed by atoms with E-state index in [0.717, 1.165) is 10.8 Å². The van der Waals surface area contributed by atoms with E-state index in [2.05, 4.69) is 5.32 Å². The number of fused-ring (bicyclic) bond motifs is 2. The van der Waals surface area contributed by atoms with Crippen LogP contribution in [-0.2, 0) is 4.79 Å². The molecule has 0 atom stereocenters. The average molecular weight is 512 g/mol. The van der Waals surface area contributed by atoms with Gasteiger partial charge in [-0.05, 0) is 35.7 Å². The summed E-state index contributed by atoms with van der Waals surface area (Å²) in [5.41, 5.74) is 1.20. The minimum Gasteiger partial charge on any atom is -0.493 e. The van der Waals surface area contributed by atoms with Crippen molar-refractivity contribution in [2.24, 2.45) is 0 Å². The van der Waals surface area contributed by atoms with Gasteiger partial charge in [-0.15, -0.1) is 0 Å². The van der Waals surface area contributed by atoms with Crippen molar-refractivity contribution >= 4 is 33.3 Å². The Hall–Kier alpha value is -4.98. The molecule has 1 aromatic heterocycles. The van der Waals surface area contributed by atoms with Crippen LogP contribution in [0.5, 0.6) is 23.2 Å². The summed E-state index contributed by atoms with van der Waals surface area (Å²) in [4.78, 5) is 26.5. The molecule has 1 heterocycles. The standard InChI is InChI=1S/C30H25NO7/c1-34-24-15-19(16-25(35-2)29(24)36-3)27-28(33)21-12-6-7-14-23(21)38-30(27)37-17-26(32)31-22-13-8-10-18-9-4-5-11-20(18)22/h4-16H,17H2,1-3H3,(H,31,32). The van der Waals surface area contributed by atoms with Crippen LogP contribution in [0.2, 0.25) is 0 Å². The fraction of sp³-hybridized carbons (Fsp3) is 0.133. The predicted molar refractivity (Wildman–Crippen MR) is 146 cm³/mol. The highest BCUT2D eigenvalue weighted by atomic mass is 16.6. The molecule has 0 aliphatic carbocycles. The molecule has 0 spiro atoms. The summed E-state index contributed by atoms with van der Waals surface area (Å²) in [5.74, 6) is 0.577. The highest BCUT2D eigenvalue weighted by molar-refractivity contribution is 6.02. The van der Waals surface area contributed by atoms with Crippen LogP contribution in [-0.4, -0.2) is 33.8 Å². The number of hydrogen-bond acceptors (Lipinski definition) is 7. The lowest BCUT2D eigenvalue weighted by atomic mass is 10.0. The van der Waals surface area contributed by atoms with Gasteiger partial charge in [0.2, 0.25) is 11.2 Å². The first-order valence-electron chi connectivity index (χ1n) is 11.8. The molecule has 8 heteroatoms. The summed E-state index contributed by atoms with van der Waals surface area (Å²) < 4.78 is 28.2. The van der Waals surface area contributed by atoms with Crippen LogP contribution < -0.4 is 29.7 Å². The first-order valence-corrected chi connectivity index (χ1v) is 11.8. The zero-order chi connectivity index (χ0) is 26.6. The molecule has 1 N–H and O–H groups in total. The number of methoxy groups -OCH3 is 3. The van der Waals surface area contributed by atoms with Crippen LogP contribution in [0.1, 0.15) is 0 Å². The molecule has 4 aromatic carbocycles. The molecule has 1 amide bonds. The molecule has 0 saturated carbocycles. The lowest BCUT2D eigenvalue weighted by Gasteiger charge is -2.16. The minimum atomic E-state index is -0.409. The summed E-state index contributed by atoms with van der Waals surface area (Å²) in [5, 5.41) is 5.14. The Labute approximate surface area is 218 Å². The van der Waals surface area contributed by atoms with Crippen molar-refractivity contribution in [3.8, 4) is 34.3 Å². The molecule has 192 valence electrons. The van der Waals surface area contributed by atoms with Gasteiger partial charge < -0.3 is 28.7 Å². The highest BCUT2D eigenvalue weighted by Gasteiger charge is 2.23. The van der Waals surface area contributed by atoms with Crippen LogP contribution in [0.15, 0.2) is 88.1 Å². The van der Waals surface area contributed by atoms with E-state index in [9.17, 15) is 9.59 Å². The van der Waals surface area contributed by atoms with Crippen LogP contribution >= 0.6 is 0 Å². The molecule has 0 aliphatic heterocycles. The van der Waals surface area contributed by atoms with E-state index >= 15 is 0 Å². The average Bonchev–Trinajstić information content (AvgIpc) is 2.95. The Kier molecular flexibility index (Phi) is 6.86. The number of hydrogen-bond donors (Lipinski definition) is 1. The van der Waals surface area contributed by atoms with E-state index in [-0.39, 0.29) is 23.5 Å². The second kappa shape index (κ2) is 10.6. The van der Waals surface area contributed by atoms with Crippen molar-refractivity contribution in [1.29, 1.82) is 0 Å². The predicted octanol–water partition coefficient (Wildman–Crippen LogP) is 5.66. The summed E-state index contributed by atoms with van der Waals surface area (Å²) in [6.07, 6.45) is 0. The molecular weight excluding hydrogens is 486 g/mol. The Morgan fingerprint density at radius 1 is 0.816 bits per heavy atom. The smallest absolute Gasteiger partial charge is 0.297 e. The molecule has 8 nitrogen and oxygen atoms in total. The second-order valence-electron chi connectivity index (χ2n) is 8.37. The summed E-state index contributed by atoms with van der Waals surface area (Å²) in [6, 6.07) is 23.5. The van der Waals surface area contributed by atoms with Gasteiger partial charge in [0.25, 0.3) is 11.9 Å². The molecule has 5 rings (SSSR count). The van der Waals surface area contributed by atoms with Crippen LogP contribution in [0.25, 0.3) is 32.9 Å². The van der Waals surface area contributed by atoms with E-state index in [1.54, 1.807) is 36.4 Å². The van der Waals surface area contributed by atoms with Gasteiger partial charge in [0.1, 0.15) is 11.1 Å². The second-order valence-corrected chi connectivity index (χ2v) is 8.37. The van der Waals surface area contributed by atoms with Gasteiger partial charge >= 0.3 is 0 Å². The van der Waals surface area contributed by atoms with Gasteiger partial charge in [-0.2, -0.15) is 0 Å². The fourth-order valence-electron chi connectivity index (χ4n) is 4.35. The van der Waals surface area contributed by atoms with Gasteiger partial charge in [0, 0.05) is 16.6 Å². The normalized spacial score (nSPS) is 10.8. The third kappa shape index (κ3) is 4.59. The number of ether oxygens (including phenoxy) is 4. The van der Waals surface area contributed by atoms with Crippen LogP contribution in [0.3, 0.4) is 0 Å². The topological polar surface area (TPSA) is 96.2 Å². The van der Waals surface area contributed by atoms with E-state index in [1.165, 1.54) is 21.3 Å². The maximum absolute atomic E-state index is 13.6. The molecule has 0 unspecified atom stereocenters. The molecule has 0 radical (unpaired) electrons. The summed E-state index contributed by atoms with van der Waals surface area (Å²) in [6.45, 7) is -0.387. The molecule has 38 heavy (non-hydrogen) atoms. The van der Waals surface area contributed by atoms with E-state index in [4.69, 9.17) is 23.4 Å². The zero-order valence-electron chi connectivity index (χ0n) is 21.1. The van der Waals surface area contributed by atoms with Crippen molar-refractivity contribution < 1.29 is 28.2 Å². The first-order chi connectivity index (χ1) is 18.5. The lowest BCUT2D eigenvalue weighted by Crippen LogP contribution is -2.21. The van der Waals surface area contributed by atoms with Crippen molar-refractivity contribution in [1.82, 2.24) is 0 Å². The SMILES string of the molecule is COc1cc(-c2c(OCC(=O)Nc3cccc4ccccc34)oc3ccccc3c2=O)cc(OC)c1OC. The number of nitrogens with one attached hydrogen (secondary N) is 1. The third-order valence-corrected chi connectivity index (χ3v) is 6.12. The molecular formula is C30H25NO7. The number of anilines is 1. The first kappa shape index (κ1) is 24.7. The zero-order valence-corrected chi connectivity index (χ0v) is 21.1. The van der Waals surface area contributed by atoms with E-state index in [0.29, 0.717) is 39.5 Å². The maximum Gasteiger partial charge on any atom is 0.297 e. The Balaban J connectivity index is 1.53. The summed E-state index contributed by atoms with van der Waals surface area (Å²) in [7, 11) is 4.46. The van der Waals surface area contributed by atoms with Gasteiger partial charge in [0.15, 0.2) is 18.1 Å². The number of carbonyl (C=O) groups excluding carboxylic acids is 1.